The molecule has 0 aliphatic heterocycles. The van der Waals surface area contributed by atoms with Gasteiger partial charge < -0.3 is 0 Å². The van der Waals surface area contributed by atoms with Gasteiger partial charge >= 0.3 is 0 Å². The van der Waals surface area contributed by atoms with Gasteiger partial charge in [0.05, 0.1) is 18.3 Å². The van der Waals surface area contributed by atoms with Gasteiger partial charge in [0.25, 0.3) is 0 Å². The molecule has 1 N–H and O–H groups in total. The molecular weight excluding hydrogens is 248 g/mol. The molecule has 4 heteroatoms. The van der Waals surface area contributed by atoms with Gasteiger partial charge in [0, 0.05) is 5.69 Å². The Bertz CT molecular complexity index is 507. The van der Waals surface area contributed by atoms with E-state index in [1.807, 2.05) is 4.68 Å². The third-order valence-electron chi connectivity index (χ3n) is 4.45. The monoisotopic (exact) mass is 274 g/mol. The summed E-state index contributed by atoms with van der Waals surface area (Å²) >= 11 is 0. The van der Waals surface area contributed by atoms with Gasteiger partial charge in [-0.05, 0) is 57.6 Å². The van der Waals surface area contributed by atoms with Crippen LogP contribution in [0.5, 0.6) is 0 Å². The fraction of sp³-hybridized carbons (Fsp3) is 0.750. The number of rotatable bonds is 7. The van der Waals surface area contributed by atoms with Crippen LogP contribution in [0.2, 0.25) is 0 Å². The van der Waals surface area contributed by atoms with Crippen molar-refractivity contribution in [3.05, 3.63) is 17.0 Å². The average molecular weight is 274 g/mol. The van der Waals surface area contributed by atoms with Crippen molar-refractivity contribution >= 4 is 0 Å². The van der Waals surface area contributed by atoms with E-state index in [-0.39, 0.29) is 0 Å². The van der Waals surface area contributed by atoms with E-state index in [2.05, 4.69) is 44.2 Å². The Morgan fingerprint density at radius 3 is 2.55 bits per heavy atom. The second-order valence-electron chi connectivity index (χ2n) is 5.94. The number of aromatic nitrogens is 2. The van der Waals surface area contributed by atoms with Crippen molar-refractivity contribution in [3.63, 3.8) is 0 Å². The highest BCUT2D eigenvalue weighted by Crippen LogP contribution is 2.40. The lowest BCUT2D eigenvalue weighted by Gasteiger charge is -2.28. The van der Waals surface area contributed by atoms with Crippen molar-refractivity contribution in [2.45, 2.75) is 65.5 Å². The molecule has 1 aromatic heterocycles. The van der Waals surface area contributed by atoms with Crippen molar-refractivity contribution < 1.29 is 0 Å². The predicted molar refractivity (Wildman–Crippen MR) is 80.4 cm³/mol. The molecule has 1 aliphatic carbocycles. The maximum atomic E-state index is 9.75. The Balaban J connectivity index is 2.26. The smallest absolute Gasteiger partial charge is 0.129 e. The molecule has 4 nitrogen and oxygen atoms in total. The summed E-state index contributed by atoms with van der Waals surface area (Å²) in [4.78, 5) is 0. The zero-order valence-corrected chi connectivity index (χ0v) is 13.2. The molecule has 0 saturated heterocycles. The molecule has 0 amide bonds. The van der Waals surface area contributed by atoms with E-state index in [9.17, 15) is 5.26 Å². The predicted octanol–water partition coefficient (Wildman–Crippen LogP) is 2.73. The van der Waals surface area contributed by atoms with Crippen LogP contribution in [-0.2, 0) is 13.0 Å². The number of aryl methyl sites for hydroxylation is 1. The van der Waals surface area contributed by atoms with Crippen molar-refractivity contribution in [1.82, 2.24) is 15.1 Å². The van der Waals surface area contributed by atoms with E-state index >= 15 is 0 Å². The Hall–Kier alpha value is -1.34. The molecule has 1 saturated carbocycles. The van der Waals surface area contributed by atoms with Crippen molar-refractivity contribution in [1.29, 1.82) is 5.26 Å². The zero-order chi connectivity index (χ0) is 14.8. The summed E-state index contributed by atoms with van der Waals surface area (Å²) < 4.78 is 2.04. The molecule has 20 heavy (non-hydrogen) atoms. The van der Waals surface area contributed by atoms with Crippen molar-refractivity contribution in [2.24, 2.45) is 5.92 Å². The van der Waals surface area contributed by atoms with Gasteiger partial charge in [-0.2, -0.15) is 10.4 Å². The van der Waals surface area contributed by atoms with Gasteiger partial charge in [-0.3, -0.25) is 10.00 Å². The molecule has 0 radical (unpaired) electrons. The first kappa shape index (κ1) is 15.1. The third kappa shape index (κ3) is 2.73. The summed E-state index contributed by atoms with van der Waals surface area (Å²) in [5, 5.41) is 17.9. The highest BCUT2D eigenvalue weighted by atomic mass is 15.3. The summed E-state index contributed by atoms with van der Waals surface area (Å²) in [5.74, 6) is 0.480. The van der Waals surface area contributed by atoms with Crippen molar-refractivity contribution in [2.75, 3.05) is 6.54 Å². The van der Waals surface area contributed by atoms with E-state index < -0.39 is 5.54 Å². The molecular formula is C16H26N4. The van der Waals surface area contributed by atoms with Crippen LogP contribution >= 0.6 is 0 Å². The van der Waals surface area contributed by atoms with Gasteiger partial charge in [0.1, 0.15) is 5.54 Å². The molecule has 1 aromatic rings. The van der Waals surface area contributed by atoms with Crippen LogP contribution in [0, 0.1) is 31.1 Å². The van der Waals surface area contributed by atoms with Crippen LogP contribution in [0.3, 0.4) is 0 Å². The van der Waals surface area contributed by atoms with Crippen LogP contribution in [0.4, 0.5) is 0 Å². The molecule has 0 bridgehead atoms. The SMILES string of the molecule is CCCNC(C#N)(Cn1nc(C)c(CC)c1C)C1CC1. The first-order valence-corrected chi connectivity index (χ1v) is 7.77. The Kier molecular flexibility index (Phi) is 4.49. The van der Waals surface area contributed by atoms with Crippen LogP contribution in [0.25, 0.3) is 0 Å². The lowest BCUT2D eigenvalue weighted by atomic mass is 9.94. The minimum atomic E-state index is -0.440. The zero-order valence-electron chi connectivity index (χ0n) is 13.2. The molecule has 2 rings (SSSR count). The third-order valence-corrected chi connectivity index (χ3v) is 4.45. The Morgan fingerprint density at radius 1 is 1.40 bits per heavy atom. The van der Waals surface area contributed by atoms with Crippen LogP contribution in [-0.4, -0.2) is 21.9 Å². The molecule has 1 aliphatic rings. The largest absolute Gasteiger partial charge is 0.298 e. The van der Waals surface area contributed by atoms with Crippen molar-refractivity contribution in [3.8, 4) is 6.07 Å². The lowest BCUT2D eigenvalue weighted by Crippen LogP contribution is -2.50. The quantitative estimate of drug-likeness (QED) is 0.831. The lowest BCUT2D eigenvalue weighted by molar-refractivity contribution is 0.303. The number of nitrogens with one attached hydrogen (secondary N) is 1. The average Bonchev–Trinajstić information content (AvgIpc) is 3.24. The second kappa shape index (κ2) is 5.97. The standard InChI is InChI=1S/C16H26N4/c1-5-9-18-16(10-17,14-7-8-14)11-20-13(4)15(6-2)12(3)19-20/h14,18H,5-9,11H2,1-4H3. The fourth-order valence-electron chi connectivity index (χ4n) is 3.06. The fourth-order valence-corrected chi connectivity index (χ4v) is 3.06. The first-order chi connectivity index (χ1) is 9.57. The highest BCUT2D eigenvalue weighted by Gasteiger charge is 2.46. The van der Waals surface area contributed by atoms with Crippen LogP contribution in [0.1, 0.15) is 50.1 Å². The molecule has 1 unspecified atom stereocenters. The normalized spacial score (nSPS) is 17.8. The van der Waals surface area contributed by atoms with E-state index in [0.29, 0.717) is 12.5 Å². The molecule has 0 aromatic carbocycles. The topological polar surface area (TPSA) is 53.6 Å². The molecule has 1 fully saturated rings. The Labute approximate surface area is 122 Å². The summed E-state index contributed by atoms with van der Waals surface area (Å²) in [7, 11) is 0. The van der Waals surface area contributed by atoms with E-state index in [4.69, 9.17) is 0 Å². The number of hydrogen-bond donors (Lipinski definition) is 1. The summed E-state index contributed by atoms with van der Waals surface area (Å²) in [6.45, 7) is 10.0. The summed E-state index contributed by atoms with van der Waals surface area (Å²) in [6, 6.07) is 2.56. The van der Waals surface area contributed by atoms with Gasteiger partial charge in [0.15, 0.2) is 0 Å². The number of nitrogens with zero attached hydrogens (tertiary/aromatic N) is 3. The highest BCUT2D eigenvalue weighted by molar-refractivity contribution is 5.25. The van der Waals surface area contributed by atoms with Gasteiger partial charge in [-0.1, -0.05) is 13.8 Å². The molecule has 1 heterocycles. The maximum absolute atomic E-state index is 9.75. The van der Waals surface area contributed by atoms with Gasteiger partial charge in [-0.15, -0.1) is 0 Å². The number of hydrogen-bond acceptors (Lipinski definition) is 3. The molecule has 0 spiro atoms. The first-order valence-electron chi connectivity index (χ1n) is 7.77. The van der Waals surface area contributed by atoms with Gasteiger partial charge in [0.2, 0.25) is 0 Å². The maximum Gasteiger partial charge on any atom is 0.129 e. The van der Waals surface area contributed by atoms with E-state index in [1.165, 1.54) is 11.3 Å². The van der Waals surface area contributed by atoms with E-state index in [0.717, 1.165) is 37.9 Å². The van der Waals surface area contributed by atoms with Crippen LogP contribution in [0.15, 0.2) is 0 Å². The van der Waals surface area contributed by atoms with Crippen LogP contribution < -0.4 is 5.32 Å². The molecule has 110 valence electrons. The minimum Gasteiger partial charge on any atom is -0.298 e. The summed E-state index contributed by atoms with van der Waals surface area (Å²) in [6.07, 6.45) is 4.37. The summed E-state index contributed by atoms with van der Waals surface area (Å²) in [5.41, 5.74) is 3.19. The number of nitriles is 1. The Morgan fingerprint density at radius 2 is 2.10 bits per heavy atom. The van der Waals surface area contributed by atoms with E-state index in [1.54, 1.807) is 0 Å². The second-order valence-corrected chi connectivity index (χ2v) is 5.94. The molecule has 1 atom stereocenters. The minimum absolute atomic E-state index is 0.440. The van der Waals surface area contributed by atoms with Gasteiger partial charge in [-0.25, -0.2) is 0 Å².